The molecule has 6 heteroatoms. The van der Waals surface area contributed by atoms with Gasteiger partial charge in [0.25, 0.3) is 0 Å². The van der Waals surface area contributed by atoms with Gasteiger partial charge in [0.05, 0.1) is 6.54 Å². The highest BCUT2D eigenvalue weighted by Gasteiger charge is 2.21. The molecular formula is C17H28IN3OS. The van der Waals surface area contributed by atoms with Gasteiger partial charge in [0.15, 0.2) is 5.96 Å². The van der Waals surface area contributed by atoms with Crippen LogP contribution in [-0.2, 0) is 6.42 Å². The van der Waals surface area contributed by atoms with Crippen LogP contribution >= 0.6 is 35.7 Å². The summed E-state index contributed by atoms with van der Waals surface area (Å²) in [7, 11) is 0. The molecule has 1 heterocycles. The summed E-state index contributed by atoms with van der Waals surface area (Å²) >= 11 is 1.90. The van der Waals surface area contributed by atoms with Gasteiger partial charge >= 0.3 is 0 Å². The fourth-order valence-electron chi connectivity index (χ4n) is 2.47. The van der Waals surface area contributed by atoms with Crippen LogP contribution in [0.25, 0.3) is 0 Å². The molecule has 130 valence electrons. The molecule has 0 spiro atoms. The summed E-state index contributed by atoms with van der Waals surface area (Å²) in [4.78, 5) is 4.66. The Morgan fingerprint density at radius 1 is 1.30 bits per heavy atom. The normalized spacial score (nSPS) is 16.3. The standard InChI is InChI=1S/C17H27N3OS.HI/c1-3-18-17(19-10-6-7-11-22-2)20-13-15-12-14-8-4-5-9-16(14)21-15;/h4-5,8-9,15H,3,6-7,10-13H2,1-2H3,(H2,18,19,20);1H. The van der Waals surface area contributed by atoms with Gasteiger partial charge in [-0.25, -0.2) is 4.99 Å². The molecule has 1 atom stereocenters. The number of hydrogen-bond donors (Lipinski definition) is 2. The fourth-order valence-corrected chi connectivity index (χ4v) is 2.96. The predicted molar refractivity (Wildman–Crippen MR) is 112 cm³/mol. The first-order valence-corrected chi connectivity index (χ1v) is 9.48. The maximum absolute atomic E-state index is 5.93. The van der Waals surface area contributed by atoms with Gasteiger partial charge in [0, 0.05) is 19.5 Å². The molecule has 23 heavy (non-hydrogen) atoms. The molecule has 2 rings (SSSR count). The molecule has 1 aliphatic rings. The number of para-hydroxylation sites is 1. The molecule has 2 N–H and O–H groups in total. The van der Waals surface area contributed by atoms with E-state index in [0.717, 1.165) is 31.2 Å². The van der Waals surface area contributed by atoms with Crippen molar-refractivity contribution in [1.82, 2.24) is 10.6 Å². The number of benzene rings is 1. The predicted octanol–water partition coefficient (Wildman–Crippen LogP) is 3.31. The summed E-state index contributed by atoms with van der Waals surface area (Å²) in [6.45, 7) is 4.63. The second-order valence-corrected chi connectivity index (χ2v) is 6.38. The van der Waals surface area contributed by atoms with Gasteiger partial charge in [-0.05, 0) is 43.4 Å². The number of ether oxygens (including phenoxy) is 1. The van der Waals surface area contributed by atoms with Crippen LogP contribution in [0, 0.1) is 0 Å². The van der Waals surface area contributed by atoms with Crippen LogP contribution in [0.1, 0.15) is 25.3 Å². The second-order valence-electron chi connectivity index (χ2n) is 5.40. The third-order valence-electron chi connectivity index (χ3n) is 3.58. The summed E-state index contributed by atoms with van der Waals surface area (Å²) in [5.74, 6) is 3.13. The minimum Gasteiger partial charge on any atom is -0.488 e. The van der Waals surface area contributed by atoms with E-state index in [1.807, 2.05) is 23.9 Å². The quantitative estimate of drug-likeness (QED) is 0.277. The van der Waals surface area contributed by atoms with E-state index >= 15 is 0 Å². The van der Waals surface area contributed by atoms with Gasteiger partial charge in [0.2, 0.25) is 0 Å². The Labute approximate surface area is 161 Å². The largest absolute Gasteiger partial charge is 0.488 e. The van der Waals surface area contributed by atoms with Crippen LogP contribution < -0.4 is 15.4 Å². The van der Waals surface area contributed by atoms with Crippen LogP contribution in [0.15, 0.2) is 29.3 Å². The average Bonchev–Trinajstić information content (AvgIpc) is 2.95. The molecular weight excluding hydrogens is 421 g/mol. The Morgan fingerprint density at radius 3 is 2.87 bits per heavy atom. The molecule has 0 aromatic heterocycles. The molecule has 0 saturated heterocycles. The summed E-state index contributed by atoms with van der Waals surface area (Å²) in [6.07, 6.45) is 5.68. The first kappa shape index (κ1) is 20.4. The highest BCUT2D eigenvalue weighted by Crippen LogP contribution is 2.28. The summed E-state index contributed by atoms with van der Waals surface area (Å²) < 4.78 is 5.93. The number of halogens is 1. The Bertz CT molecular complexity index is 460. The monoisotopic (exact) mass is 449 g/mol. The lowest BCUT2D eigenvalue weighted by molar-refractivity contribution is 0.241. The van der Waals surface area contributed by atoms with Crippen LogP contribution in [0.5, 0.6) is 5.75 Å². The maximum Gasteiger partial charge on any atom is 0.191 e. The van der Waals surface area contributed by atoms with Crippen LogP contribution in [0.2, 0.25) is 0 Å². The number of aliphatic imine (C=N–C) groups is 1. The number of rotatable bonds is 8. The van der Waals surface area contributed by atoms with E-state index in [4.69, 9.17) is 4.74 Å². The van der Waals surface area contributed by atoms with Crippen molar-refractivity contribution in [2.24, 2.45) is 4.99 Å². The number of unbranched alkanes of at least 4 members (excludes halogenated alkanes) is 1. The lowest BCUT2D eigenvalue weighted by atomic mass is 10.1. The zero-order valence-electron chi connectivity index (χ0n) is 14.0. The Morgan fingerprint density at radius 2 is 2.13 bits per heavy atom. The molecule has 0 bridgehead atoms. The molecule has 0 amide bonds. The van der Waals surface area contributed by atoms with Crippen LogP contribution in [0.4, 0.5) is 0 Å². The molecule has 1 aromatic carbocycles. The van der Waals surface area contributed by atoms with Crippen molar-refractivity contribution >= 4 is 41.7 Å². The summed E-state index contributed by atoms with van der Waals surface area (Å²) in [5, 5.41) is 6.70. The van der Waals surface area contributed by atoms with E-state index in [1.54, 1.807) is 0 Å². The van der Waals surface area contributed by atoms with Crippen molar-refractivity contribution in [3.63, 3.8) is 0 Å². The molecule has 0 saturated carbocycles. The number of hydrogen-bond acceptors (Lipinski definition) is 3. The van der Waals surface area contributed by atoms with E-state index in [2.05, 4.69) is 40.9 Å². The molecule has 0 fully saturated rings. The molecule has 0 aliphatic carbocycles. The number of fused-ring (bicyclic) bond motifs is 1. The van der Waals surface area contributed by atoms with E-state index in [-0.39, 0.29) is 30.1 Å². The number of thioether (sulfide) groups is 1. The first-order chi connectivity index (χ1) is 10.8. The molecule has 0 radical (unpaired) electrons. The SMILES string of the molecule is CCNC(=NCC1Cc2ccccc2O1)NCCCCSC.I. The smallest absolute Gasteiger partial charge is 0.191 e. The number of nitrogens with zero attached hydrogens (tertiary/aromatic N) is 1. The Kier molecular flexibility index (Phi) is 10.5. The Hall–Kier alpha value is -0.630. The van der Waals surface area contributed by atoms with E-state index in [1.165, 1.54) is 24.2 Å². The number of nitrogens with one attached hydrogen (secondary N) is 2. The van der Waals surface area contributed by atoms with E-state index < -0.39 is 0 Å². The molecule has 4 nitrogen and oxygen atoms in total. The molecule has 1 unspecified atom stereocenters. The van der Waals surface area contributed by atoms with Gasteiger partial charge in [-0.2, -0.15) is 11.8 Å². The van der Waals surface area contributed by atoms with Gasteiger partial charge in [-0.15, -0.1) is 24.0 Å². The lowest BCUT2D eigenvalue weighted by Crippen LogP contribution is -2.38. The average molecular weight is 449 g/mol. The highest BCUT2D eigenvalue weighted by atomic mass is 127. The second kappa shape index (κ2) is 11.8. The highest BCUT2D eigenvalue weighted by molar-refractivity contribution is 14.0. The van der Waals surface area contributed by atoms with Crippen LogP contribution in [0.3, 0.4) is 0 Å². The van der Waals surface area contributed by atoms with Gasteiger partial charge in [-0.1, -0.05) is 18.2 Å². The fraction of sp³-hybridized carbons (Fsp3) is 0.588. The summed E-state index contributed by atoms with van der Waals surface area (Å²) in [6, 6.07) is 8.25. The zero-order chi connectivity index (χ0) is 15.6. The van der Waals surface area contributed by atoms with Crippen molar-refractivity contribution in [2.45, 2.75) is 32.3 Å². The van der Waals surface area contributed by atoms with Crippen molar-refractivity contribution in [1.29, 1.82) is 0 Å². The van der Waals surface area contributed by atoms with Gasteiger partial charge < -0.3 is 15.4 Å². The van der Waals surface area contributed by atoms with Crippen molar-refractivity contribution < 1.29 is 4.74 Å². The van der Waals surface area contributed by atoms with Gasteiger partial charge in [0.1, 0.15) is 11.9 Å². The minimum atomic E-state index is 0. The molecule has 1 aromatic rings. The van der Waals surface area contributed by atoms with E-state index in [9.17, 15) is 0 Å². The number of guanidine groups is 1. The minimum absolute atomic E-state index is 0. The summed E-state index contributed by atoms with van der Waals surface area (Å²) in [5.41, 5.74) is 1.29. The maximum atomic E-state index is 5.93. The third kappa shape index (κ3) is 7.20. The van der Waals surface area contributed by atoms with Gasteiger partial charge in [-0.3, -0.25) is 0 Å². The zero-order valence-corrected chi connectivity index (χ0v) is 17.2. The lowest BCUT2D eigenvalue weighted by Gasteiger charge is -2.13. The van der Waals surface area contributed by atoms with Crippen molar-refractivity contribution in [3.8, 4) is 5.75 Å². The third-order valence-corrected chi connectivity index (χ3v) is 4.28. The van der Waals surface area contributed by atoms with Crippen molar-refractivity contribution in [3.05, 3.63) is 29.8 Å². The van der Waals surface area contributed by atoms with Crippen LogP contribution in [-0.4, -0.2) is 43.7 Å². The van der Waals surface area contributed by atoms with E-state index in [0.29, 0.717) is 6.54 Å². The molecule has 1 aliphatic heterocycles. The topological polar surface area (TPSA) is 45.7 Å². The Balaban J connectivity index is 0.00000264. The van der Waals surface area contributed by atoms with Crippen molar-refractivity contribution in [2.75, 3.05) is 31.6 Å². The first-order valence-electron chi connectivity index (χ1n) is 8.09.